The van der Waals surface area contributed by atoms with Crippen molar-refractivity contribution in [3.63, 3.8) is 0 Å². The number of rotatable bonds is 5. The average molecular weight is 360 g/mol. The molecule has 0 atom stereocenters. The van der Waals surface area contributed by atoms with E-state index < -0.39 is 0 Å². The Balaban J connectivity index is 1.58. The molecule has 136 valence electrons. The van der Waals surface area contributed by atoms with Crippen molar-refractivity contribution in [2.24, 2.45) is 5.10 Å². The van der Waals surface area contributed by atoms with Crippen LogP contribution in [0.1, 0.15) is 29.3 Å². The number of aryl methyl sites for hydroxylation is 1. The first-order chi connectivity index (χ1) is 13.0. The molecule has 2 amide bonds. The molecule has 6 heteroatoms. The number of pyridine rings is 1. The molecule has 2 aromatic carbocycles. The van der Waals surface area contributed by atoms with Crippen LogP contribution in [0.5, 0.6) is 0 Å². The topological polar surface area (TPSA) is 83.4 Å². The maximum Gasteiger partial charge on any atom is 0.271 e. The number of carbonyl (C=O) groups excluding carboxylic acids is 2. The molecule has 0 bridgehead atoms. The fourth-order valence-electron chi connectivity index (χ4n) is 2.60. The summed E-state index contributed by atoms with van der Waals surface area (Å²) in [6.07, 6.45) is 1.70. The average Bonchev–Trinajstić information content (AvgIpc) is 2.65. The summed E-state index contributed by atoms with van der Waals surface area (Å²) in [5, 5.41) is 8.77. The van der Waals surface area contributed by atoms with E-state index in [1.807, 2.05) is 49.4 Å². The van der Waals surface area contributed by atoms with Gasteiger partial charge in [-0.25, -0.2) is 10.4 Å². The lowest BCUT2D eigenvalue weighted by molar-refractivity contribution is -0.115. The van der Waals surface area contributed by atoms with Gasteiger partial charge in [0, 0.05) is 17.5 Å². The standard InChI is InChI=1S/C21H20N4O2/c1-14-9-10-22-19(11-14)23-20(26)12-15(2)24-25-21(27)18-8-7-16-5-3-4-6-17(16)13-18/h3-11,13H,12H2,1-2H3,(H,25,27)(H,22,23,26)/b24-15+. The number of hydrazone groups is 1. The zero-order valence-corrected chi connectivity index (χ0v) is 15.2. The zero-order valence-electron chi connectivity index (χ0n) is 15.2. The van der Waals surface area contributed by atoms with Crippen LogP contribution < -0.4 is 10.7 Å². The molecular weight excluding hydrogens is 340 g/mol. The highest BCUT2D eigenvalue weighted by Crippen LogP contribution is 2.15. The van der Waals surface area contributed by atoms with Crippen LogP contribution in [0.15, 0.2) is 65.9 Å². The van der Waals surface area contributed by atoms with E-state index in [0.29, 0.717) is 17.1 Å². The number of benzene rings is 2. The van der Waals surface area contributed by atoms with Crippen LogP contribution in [0.4, 0.5) is 5.82 Å². The molecule has 0 aliphatic rings. The monoisotopic (exact) mass is 360 g/mol. The molecule has 0 unspecified atom stereocenters. The van der Waals surface area contributed by atoms with Gasteiger partial charge in [0.2, 0.25) is 5.91 Å². The summed E-state index contributed by atoms with van der Waals surface area (Å²) in [5.74, 6) is -0.0665. The molecule has 6 nitrogen and oxygen atoms in total. The van der Waals surface area contributed by atoms with Gasteiger partial charge in [0.15, 0.2) is 0 Å². The second kappa shape index (κ2) is 8.23. The first-order valence-electron chi connectivity index (χ1n) is 8.56. The van der Waals surface area contributed by atoms with Gasteiger partial charge in [-0.3, -0.25) is 9.59 Å². The van der Waals surface area contributed by atoms with Crippen molar-refractivity contribution in [2.45, 2.75) is 20.3 Å². The number of hydrogen-bond donors (Lipinski definition) is 2. The minimum Gasteiger partial charge on any atom is -0.310 e. The number of carbonyl (C=O) groups is 2. The predicted molar refractivity (Wildman–Crippen MR) is 107 cm³/mol. The van der Waals surface area contributed by atoms with E-state index >= 15 is 0 Å². The van der Waals surface area contributed by atoms with Crippen LogP contribution in [-0.4, -0.2) is 22.5 Å². The third kappa shape index (κ3) is 4.98. The van der Waals surface area contributed by atoms with Gasteiger partial charge < -0.3 is 5.32 Å². The van der Waals surface area contributed by atoms with Crippen molar-refractivity contribution in [1.29, 1.82) is 0 Å². The van der Waals surface area contributed by atoms with Gasteiger partial charge in [0.05, 0.1) is 6.42 Å². The minimum absolute atomic E-state index is 0.0631. The quantitative estimate of drug-likeness (QED) is 0.538. The van der Waals surface area contributed by atoms with Gasteiger partial charge in [-0.05, 0) is 54.4 Å². The van der Waals surface area contributed by atoms with E-state index in [1.54, 1.807) is 25.3 Å². The molecule has 27 heavy (non-hydrogen) atoms. The van der Waals surface area contributed by atoms with Crippen LogP contribution in [0, 0.1) is 6.92 Å². The Morgan fingerprint density at radius 2 is 1.81 bits per heavy atom. The number of aromatic nitrogens is 1. The Morgan fingerprint density at radius 3 is 2.59 bits per heavy atom. The number of fused-ring (bicyclic) bond motifs is 1. The lowest BCUT2D eigenvalue weighted by Gasteiger charge is -2.06. The van der Waals surface area contributed by atoms with Gasteiger partial charge in [-0.2, -0.15) is 5.10 Å². The normalized spacial score (nSPS) is 11.3. The first-order valence-corrected chi connectivity index (χ1v) is 8.56. The van der Waals surface area contributed by atoms with Crippen molar-refractivity contribution in [3.8, 4) is 0 Å². The van der Waals surface area contributed by atoms with Gasteiger partial charge >= 0.3 is 0 Å². The van der Waals surface area contributed by atoms with Crippen LogP contribution in [0.2, 0.25) is 0 Å². The Labute approximate surface area is 157 Å². The molecule has 0 spiro atoms. The van der Waals surface area contributed by atoms with Gasteiger partial charge in [0.25, 0.3) is 5.91 Å². The van der Waals surface area contributed by atoms with Gasteiger partial charge in [-0.1, -0.05) is 30.3 Å². The minimum atomic E-state index is -0.319. The van der Waals surface area contributed by atoms with Crippen molar-refractivity contribution < 1.29 is 9.59 Å². The lowest BCUT2D eigenvalue weighted by atomic mass is 10.1. The third-order valence-corrected chi connectivity index (χ3v) is 3.96. The first kappa shape index (κ1) is 18.3. The molecule has 0 saturated carbocycles. The molecule has 0 radical (unpaired) electrons. The van der Waals surface area contributed by atoms with E-state index in [9.17, 15) is 9.59 Å². The van der Waals surface area contributed by atoms with Crippen LogP contribution in [-0.2, 0) is 4.79 Å². The number of anilines is 1. The summed E-state index contributed by atoms with van der Waals surface area (Å²) in [6.45, 7) is 3.61. The number of hydrogen-bond acceptors (Lipinski definition) is 4. The van der Waals surface area contributed by atoms with Crippen molar-refractivity contribution in [3.05, 3.63) is 71.9 Å². The predicted octanol–water partition coefficient (Wildman–Crippen LogP) is 3.68. The molecule has 1 heterocycles. The Morgan fingerprint density at radius 1 is 1.04 bits per heavy atom. The van der Waals surface area contributed by atoms with Crippen LogP contribution >= 0.6 is 0 Å². The maximum atomic E-state index is 12.3. The highest BCUT2D eigenvalue weighted by atomic mass is 16.2. The highest BCUT2D eigenvalue weighted by Gasteiger charge is 2.08. The smallest absolute Gasteiger partial charge is 0.271 e. The lowest BCUT2D eigenvalue weighted by Crippen LogP contribution is -2.21. The number of nitrogens with zero attached hydrogens (tertiary/aromatic N) is 2. The van der Waals surface area contributed by atoms with Crippen molar-refractivity contribution >= 4 is 34.1 Å². The molecule has 0 aliphatic heterocycles. The summed E-state index contributed by atoms with van der Waals surface area (Å²) >= 11 is 0. The van der Waals surface area contributed by atoms with E-state index in [2.05, 4.69) is 20.8 Å². The Kier molecular flexibility index (Phi) is 5.56. The zero-order chi connectivity index (χ0) is 19.2. The van der Waals surface area contributed by atoms with E-state index in [1.165, 1.54) is 0 Å². The van der Waals surface area contributed by atoms with Crippen LogP contribution in [0.3, 0.4) is 0 Å². The summed E-state index contributed by atoms with van der Waals surface area (Å²) in [5.41, 5.74) is 4.51. The molecule has 2 N–H and O–H groups in total. The van der Waals surface area contributed by atoms with Crippen LogP contribution in [0.25, 0.3) is 10.8 Å². The molecule has 1 aromatic heterocycles. The maximum absolute atomic E-state index is 12.3. The van der Waals surface area contributed by atoms with Crippen molar-refractivity contribution in [2.75, 3.05) is 5.32 Å². The summed E-state index contributed by atoms with van der Waals surface area (Å²) < 4.78 is 0. The van der Waals surface area contributed by atoms with E-state index in [4.69, 9.17) is 0 Å². The molecule has 0 aliphatic carbocycles. The molecule has 0 fully saturated rings. The highest BCUT2D eigenvalue weighted by molar-refractivity contribution is 6.06. The van der Waals surface area contributed by atoms with E-state index in [0.717, 1.165) is 16.3 Å². The summed E-state index contributed by atoms with van der Waals surface area (Å²) in [4.78, 5) is 28.4. The molecule has 3 aromatic rings. The Bertz CT molecular complexity index is 1030. The summed E-state index contributed by atoms with van der Waals surface area (Å²) in [7, 11) is 0. The fraction of sp³-hybridized carbons (Fsp3) is 0.143. The number of amides is 2. The molecular formula is C21H20N4O2. The van der Waals surface area contributed by atoms with E-state index in [-0.39, 0.29) is 18.2 Å². The SMILES string of the molecule is C/C(CC(=O)Nc1cc(C)ccn1)=N\NC(=O)c1ccc2ccccc2c1. The second-order valence-corrected chi connectivity index (χ2v) is 6.29. The third-order valence-electron chi connectivity index (χ3n) is 3.96. The number of nitrogens with one attached hydrogen (secondary N) is 2. The van der Waals surface area contributed by atoms with Crippen molar-refractivity contribution in [1.82, 2.24) is 10.4 Å². The second-order valence-electron chi connectivity index (χ2n) is 6.29. The van der Waals surface area contributed by atoms with Gasteiger partial charge in [0.1, 0.15) is 5.82 Å². The summed E-state index contributed by atoms with van der Waals surface area (Å²) in [6, 6.07) is 16.9. The largest absolute Gasteiger partial charge is 0.310 e. The molecule has 3 rings (SSSR count). The fourth-order valence-corrected chi connectivity index (χ4v) is 2.60. The Hall–Kier alpha value is -3.54. The molecule has 0 saturated heterocycles. The van der Waals surface area contributed by atoms with Gasteiger partial charge in [-0.15, -0.1) is 0 Å².